The van der Waals surface area contributed by atoms with Crippen LogP contribution in [0.15, 0.2) is 12.3 Å². The Balaban J connectivity index is 1.93. The summed E-state index contributed by atoms with van der Waals surface area (Å²) < 4.78 is 16.3. The molecule has 1 rings (SSSR count). The highest BCUT2D eigenvalue weighted by Gasteiger charge is 2.10. The van der Waals surface area contributed by atoms with Gasteiger partial charge in [-0.1, -0.05) is 13.8 Å². The summed E-state index contributed by atoms with van der Waals surface area (Å²) in [4.78, 5) is 2.22. The molecule has 0 aliphatic carbocycles. The van der Waals surface area contributed by atoms with Crippen LogP contribution in [0.2, 0.25) is 0 Å². The third-order valence-corrected chi connectivity index (χ3v) is 2.60. The van der Waals surface area contributed by atoms with Crippen LogP contribution in [0.1, 0.15) is 26.7 Å². The van der Waals surface area contributed by atoms with Crippen molar-refractivity contribution >= 4 is 0 Å². The van der Waals surface area contributed by atoms with Gasteiger partial charge in [0.25, 0.3) is 0 Å². The van der Waals surface area contributed by atoms with Gasteiger partial charge in [-0.05, 0) is 25.6 Å². The van der Waals surface area contributed by atoms with Gasteiger partial charge in [0.05, 0.1) is 26.2 Å². The van der Waals surface area contributed by atoms with E-state index in [-0.39, 0.29) is 6.29 Å². The minimum atomic E-state index is -0.0814. The van der Waals surface area contributed by atoms with E-state index < -0.39 is 0 Å². The molecule has 16 heavy (non-hydrogen) atoms. The van der Waals surface area contributed by atoms with E-state index in [0.717, 1.165) is 25.9 Å². The van der Waals surface area contributed by atoms with E-state index >= 15 is 0 Å². The van der Waals surface area contributed by atoms with Crippen LogP contribution < -0.4 is 0 Å². The van der Waals surface area contributed by atoms with Gasteiger partial charge in [0.2, 0.25) is 0 Å². The molecule has 1 unspecified atom stereocenters. The lowest BCUT2D eigenvalue weighted by atomic mass is 10.3. The van der Waals surface area contributed by atoms with Crippen molar-refractivity contribution in [2.24, 2.45) is 0 Å². The van der Waals surface area contributed by atoms with Crippen molar-refractivity contribution in [1.82, 2.24) is 4.90 Å². The normalized spacial score (nSPS) is 20.1. The molecule has 94 valence electrons. The number of hydrogen-bond donors (Lipinski definition) is 0. The summed E-state index contributed by atoms with van der Waals surface area (Å²) >= 11 is 0. The highest BCUT2D eigenvalue weighted by molar-refractivity contribution is 4.79. The van der Waals surface area contributed by atoms with Crippen molar-refractivity contribution in [3.8, 4) is 0 Å². The predicted octanol–water partition coefficient (Wildman–Crippen LogP) is 1.97. The van der Waals surface area contributed by atoms with E-state index in [4.69, 9.17) is 14.2 Å². The van der Waals surface area contributed by atoms with Crippen LogP contribution in [0.5, 0.6) is 0 Å². The first-order valence-electron chi connectivity index (χ1n) is 6.09. The molecule has 0 bridgehead atoms. The van der Waals surface area contributed by atoms with Gasteiger partial charge in [0.15, 0.2) is 6.29 Å². The molecule has 4 nitrogen and oxygen atoms in total. The second-order valence-corrected chi connectivity index (χ2v) is 3.73. The molecule has 0 radical (unpaired) electrons. The summed E-state index contributed by atoms with van der Waals surface area (Å²) in [6.45, 7) is 8.21. The fraction of sp³-hybridized carbons (Fsp3) is 0.833. The zero-order valence-electron chi connectivity index (χ0n) is 10.4. The summed E-state index contributed by atoms with van der Waals surface area (Å²) in [6.07, 6.45) is 5.61. The summed E-state index contributed by atoms with van der Waals surface area (Å²) in [5.41, 5.74) is 0. The fourth-order valence-electron chi connectivity index (χ4n) is 1.47. The molecule has 0 saturated carbocycles. The van der Waals surface area contributed by atoms with Crippen molar-refractivity contribution in [3.63, 3.8) is 0 Å². The van der Waals surface area contributed by atoms with E-state index in [2.05, 4.69) is 18.7 Å². The van der Waals surface area contributed by atoms with Gasteiger partial charge in [-0.2, -0.15) is 0 Å². The lowest BCUT2D eigenvalue weighted by Gasteiger charge is -2.21. The topological polar surface area (TPSA) is 30.9 Å². The van der Waals surface area contributed by atoms with Crippen molar-refractivity contribution in [3.05, 3.63) is 12.3 Å². The molecule has 0 spiro atoms. The first kappa shape index (κ1) is 13.5. The number of hydrogen-bond acceptors (Lipinski definition) is 4. The summed E-state index contributed by atoms with van der Waals surface area (Å²) in [7, 11) is 0. The van der Waals surface area contributed by atoms with Gasteiger partial charge in [-0.3, -0.25) is 4.90 Å². The van der Waals surface area contributed by atoms with Gasteiger partial charge in [0, 0.05) is 6.42 Å². The Morgan fingerprint density at radius 1 is 1.31 bits per heavy atom. The van der Waals surface area contributed by atoms with Crippen LogP contribution >= 0.6 is 0 Å². The highest BCUT2D eigenvalue weighted by Crippen LogP contribution is 2.10. The molecule has 0 fully saturated rings. The van der Waals surface area contributed by atoms with Crippen LogP contribution in [0.3, 0.4) is 0 Å². The quantitative estimate of drug-likeness (QED) is 0.470. The molecular weight excluding hydrogens is 206 g/mol. The van der Waals surface area contributed by atoms with Crippen molar-refractivity contribution in [2.45, 2.75) is 33.0 Å². The molecule has 0 aromatic rings. The molecule has 0 amide bonds. The molecule has 1 aliphatic heterocycles. The Morgan fingerprint density at radius 2 is 2.12 bits per heavy atom. The van der Waals surface area contributed by atoms with E-state index in [1.165, 1.54) is 0 Å². The molecule has 0 aromatic carbocycles. The Hall–Kier alpha value is -0.580. The van der Waals surface area contributed by atoms with Gasteiger partial charge in [0.1, 0.15) is 0 Å². The third kappa shape index (κ3) is 5.49. The Labute approximate surface area is 98.2 Å². The van der Waals surface area contributed by atoms with Gasteiger partial charge < -0.3 is 14.2 Å². The largest absolute Gasteiger partial charge is 0.473 e. The molecule has 1 atom stereocenters. The lowest BCUT2D eigenvalue weighted by Crippen LogP contribution is -2.27. The van der Waals surface area contributed by atoms with Crippen LogP contribution in [-0.4, -0.2) is 44.2 Å². The maximum atomic E-state index is 5.52. The van der Waals surface area contributed by atoms with Gasteiger partial charge in [-0.15, -0.1) is 0 Å². The van der Waals surface area contributed by atoms with Crippen molar-refractivity contribution in [2.75, 3.05) is 33.0 Å². The number of allylic oxidation sites excluding steroid dienone is 1. The van der Waals surface area contributed by atoms with Crippen LogP contribution in [-0.2, 0) is 14.2 Å². The Bertz CT molecular complexity index is 193. The minimum absolute atomic E-state index is 0.0814. The first-order chi connectivity index (χ1) is 7.86. The maximum absolute atomic E-state index is 5.52. The van der Waals surface area contributed by atoms with Gasteiger partial charge in [-0.25, -0.2) is 0 Å². The second kappa shape index (κ2) is 8.56. The number of ether oxygens (including phenoxy) is 3. The number of nitrogens with zero attached hydrogens (tertiary/aromatic N) is 1. The second-order valence-electron chi connectivity index (χ2n) is 3.73. The fourth-order valence-corrected chi connectivity index (χ4v) is 1.47. The SMILES string of the molecule is CCN(CC)COCCOC1CCC=CO1. The minimum Gasteiger partial charge on any atom is -0.473 e. The monoisotopic (exact) mass is 229 g/mol. The molecular formula is C12H23NO3. The predicted molar refractivity (Wildman–Crippen MR) is 62.9 cm³/mol. The molecule has 1 aliphatic rings. The van der Waals surface area contributed by atoms with Crippen LogP contribution in [0, 0.1) is 0 Å². The summed E-state index contributed by atoms with van der Waals surface area (Å²) in [5, 5.41) is 0. The Morgan fingerprint density at radius 3 is 2.75 bits per heavy atom. The third-order valence-electron chi connectivity index (χ3n) is 2.60. The summed E-state index contributed by atoms with van der Waals surface area (Å²) in [6, 6.07) is 0. The molecule has 0 saturated heterocycles. The van der Waals surface area contributed by atoms with E-state index in [1.54, 1.807) is 6.26 Å². The zero-order valence-corrected chi connectivity index (χ0v) is 10.4. The van der Waals surface area contributed by atoms with Gasteiger partial charge >= 0.3 is 0 Å². The number of rotatable bonds is 8. The standard InChI is InChI=1S/C12H23NO3/c1-3-13(4-2)11-14-9-10-16-12-7-5-6-8-15-12/h6,8,12H,3-5,7,9-11H2,1-2H3. The van der Waals surface area contributed by atoms with Crippen molar-refractivity contribution in [1.29, 1.82) is 0 Å². The van der Waals surface area contributed by atoms with Crippen LogP contribution in [0.25, 0.3) is 0 Å². The average molecular weight is 229 g/mol. The highest BCUT2D eigenvalue weighted by atomic mass is 16.7. The van der Waals surface area contributed by atoms with Crippen LogP contribution in [0.4, 0.5) is 0 Å². The lowest BCUT2D eigenvalue weighted by molar-refractivity contribution is -0.129. The van der Waals surface area contributed by atoms with E-state index in [0.29, 0.717) is 19.9 Å². The van der Waals surface area contributed by atoms with Crippen molar-refractivity contribution < 1.29 is 14.2 Å². The molecule has 4 heteroatoms. The summed E-state index contributed by atoms with van der Waals surface area (Å²) in [5.74, 6) is 0. The zero-order chi connectivity index (χ0) is 11.6. The van der Waals surface area contributed by atoms with E-state index in [9.17, 15) is 0 Å². The molecule has 1 heterocycles. The first-order valence-corrected chi connectivity index (χ1v) is 6.09. The van der Waals surface area contributed by atoms with E-state index in [1.807, 2.05) is 6.08 Å². The Kier molecular flexibility index (Phi) is 7.21. The molecule has 0 aromatic heterocycles. The smallest absolute Gasteiger partial charge is 0.199 e. The molecule has 0 N–H and O–H groups in total. The maximum Gasteiger partial charge on any atom is 0.199 e. The average Bonchev–Trinajstić information content (AvgIpc) is 2.35.